The smallest absolute Gasteiger partial charge is 0.122 e. The maximum atomic E-state index is 5.83. The average molecular weight is 285 g/mol. The third kappa shape index (κ3) is 4.50. The van der Waals surface area contributed by atoms with Crippen LogP contribution in [-0.2, 0) is 6.42 Å². The molecule has 0 fully saturated rings. The Morgan fingerprint density at radius 1 is 1.10 bits per heavy atom. The quantitative estimate of drug-likeness (QED) is 0.847. The zero-order chi connectivity index (χ0) is 15.1. The van der Waals surface area contributed by atoms with Gasteiger partial charge in [-0.2, -0.15) is 0 Å². The van der Waals surface area contributed by atoms with Crippen LogP contribution in [0.4, 0.5) is 0 Å². The van der Waals surface area contributed by atoms with Crippen LogP contribution in [-0.4, -0.2) is 26.8 Å². The standard InChI is InChI=1S/C18H23NO2/c1-14-9-10-18(20-3)15(11-14)12-16(19-2)13-21-17-7-5-4-6-8-17/h4-11,16,19H,12-13H2,1-3H3. The minimum Gasteiger partial charge on any atom is -0.496 e. The molecule has 2 rings (SSSR count). The van der Waals surface area contributed by atoms with Crippen LogP contribution in [0.2, 0.25) is 0 Å². The van der Waals surface area contributed by atoms with Gasteiger partial charge >= 0.3 is 0 Å². The summed E-state index contributed by atoms with van der Waals surface area (Å²) in [7, 11) is 3.67. The molecule has 2 aromatic carbocycles. The summed E-state index contributed by atoms with van der Waals surface area (Å²) in [5.41, 5.74) is 2.44. The Morgan fingerprint density at radius 3 is 2.52 bits per heavy atom. The number of hydrogen-bond acceptors (Lipinski definition) is 3. The molecular formula is C18H23NO2. The molecule has 21 heavy (non-hydrogen) atoms. The Morgan fingerprint density at radius 2 is 1.86 bits per heavy atom. The van der Waals surface area contributed by atoms with Crippen molar-refractivity contribution in [3.63, 3.8) is 0 Å². The van der Waals surface area contributed by atoms with Crippen LogP contribution in [0.25, 0.3) is 0 Å². The first-order valence-electron chi connectivity index (χ1n) is 7.21. The van der Waals surface area contributed by atoms with Crippen LogP contribution < -0.4 is 14.8 Å². The van der Waals surface area contributed by atoms with Gasteiger partial charge in [-0.1, -0.05) is 35.9 Å². The molecule has 0 aliphatic rings. The molecule has 1 unspecified atom stereocenters. The van der Waals surface area contributed by atoms with Gasteiger partial charge in [0.2, 0.25) is 0 Å². The van der Waals surface area contributed by atoms with Crippen LogP contribution >= 0.6 is 0 Å². The molecule has 3 heteroatoms. The van der Waals surface area contributed by atoms with Gasteiger partial charge in [-0.05, 0) is 44.2 Å². The molecule has 0 heterocycles. The van der Waals surface area contributed by atoms with Crippen molar-refractivity contribution in [3.05, 3.63) is 59.7 Å². The van der Waals surface area contributed by atoms with E-state index in [9.17, 15) is 0 Å². The van der Waals surface area contributed by atoms with E-state index >= 15 is 0 Å². The number of ether oxygens (including phenoxy) is 2. The lowest BCUT2D eigenvalue weighted by atomic mass is 10.0. The molecule has 0 aromatic heterocycles. The molecule has 1 N–H and O–H groups in total. The van der Waals surface area contributed by atoms with Gasteiger partial charge < -0.3 is 14.8 Å². The molecule has 0 aliphatic carbocycles. The van der Waals surface area contributed by atoms with Gasteiger partial charge in [0, 0.05) is 6.04 Å². The molecule has 0 amide bonds. The van der Waals surface area contributed by atoms with E-state index in [0.717, 1.165) is 17.9 Å². The summed E-state index contributed by atoms with van der Waals surface area (Å²) >= 11 is 0. The fourth-order valence-corrected chi connectivity index (χ4v) is 2.29. The molecule has 112 valence electrons. The van der Waals surface area contributed by atoms with Gasteiger partial charge in [0.15, 0.2) is 0 Å². The van der Waals surface area contributed by atoms with Gasteiger partial charge in [-0.25, -0.2) is 0 Å². The summed E-state index contributed by atoms with van der Waals surface area (Å²) in [5, 5.41) is 3.31. The highest BCUT2D eigenvalue weighted by atomic mass is 16.5. The number of likely N-dealkylation sites (N-methyl/N-ethyl adjacent to an activating group) is 1. The summed E-state index contributed by atoms with van der Waals surface area (Å²) in [6, 6.07) is 16.4. The van der Waals surface area contributed by atoms with Crippen molar-refractivity contribution in [2.24, 2.45) is 0 Å². The van der Waals surface area contributed by atoms with Gasteiger partial charge in [0.05, 0.1) is 7.11 Å². The van der Waals surface area contributed by atoms with Gasteiger partial charge in [-0.3, -0.25) is 0 Å². The second kappa shape index (κ2) is 7.70. The summed E-state index contributed by atoms with van der Waals surface area (Å²) in [5.74, 6) is 1.83. The molecule has 0 radical (unpaired) electrons. The maximum Gasteiger partial charge on any atom is 0.122 e. The molecule has 0 bridgehead atoms. The lowest BCUT2D eigenvalue weighted by molar-refractivity contribution is 0.268. The van der Waals surface area contributed by atoms with Gasteiger partial charge in [-0.15, -0.1) is 0 Å². The van der Waals surface area contributed by atoms with E-state index in [1.54, 1.807) is 7.11 Å². The first-order valence-corrected chi connectivity index (χ1v) is 7.21. The van der Waals surface area contributed by atoms with Crippen molar-refractivity contribution in [2.75, 3.05) is 20.8 Å². The monoisotopic (exact) mass is 285 g/mol. The van der Waals surface area contributed by atoms with Crippen LogP contribution in [0.15, 0.2) is 48.5 Å². The van der Waals surface area contributed by atoms with Crippen LogP contribution in [0.1, 0.15) is 11.1 Å². The fraction of sp³-hybridized carbons (Fsp3) is 0.333. The maximum absolute atomic E-state index is 5.83. The number of para-hydroxylation sites is 1. The van der Waals surface area contributed by atoms with Crippen LogP contribution in [0, 0.1) is 6.92 Å². The third-order valence-electron chi connectivity index (χ3n) is 3.50. The van der Waals surface area contributed by atoms with E-state index in [2.05, 4.69) is 24.4 Å². The zero-order valence-corrected chi connectivity index (χ0v) is 12.9. The molecule has 3 nitrogen and oxygen atoms in total. The molecule has 0 spiro atoms. The van der Waals surface area contributed by atoms with E-state index in [4.69, 9.17) is 9.47 Å². The summed E-state index contributed by atoms with van der Waals surface area (Å²) < 4.78 is 11.3. The zero-order valence-electron chi connectivity index (χ0n) is 12.9. The average Bonchev–Trinajstić information content (AvgIpc) is 2.52. The highest BCUT2D eigenvalue weighted by Crippen LogP contribution is 2.21. The first kappa shape index (κ1) is 15.4. The van der Waals surface area contributed by atoms with Crippen LogP contribution in [0.5, 0.6) is 11.5 Å². The lowest BCUT2D eigenvalue weighted by Crippen LogP contribution is -2.34. The van der Waals surface area contributed by atoms with E-state index in [1.165, 1.54) is 11.1 Å². The number of benzene rings is 2. The van der Waals surface area contributed by atoms with E-state index < -0.39 is 0 Å². The molecular weight excluding hydrogens is 262 g/mol. The molecule has 0 saturated carbocycles. The number of methoxy groups -OCH3 is 1. The van der Waals surface area contributed by atoms with Crippen molar-refractivity contribution >= 4 is 0 Å². The molecule has 2 aromatic rings. The predicted molar refractivity (Wildman–Crippen MR) is 86.2 cm³/mol. The Labute approximate surface area is 126 Å². The van der Waals surface area contributed by atoms with Crippen LogP contribution in [0.3, 0.4) is 0 Å². The normalized spacial score (nSPS) is 12.0. The van der Waals surface area contributed by atoms with Gasteiger partial charge in [0.25, 0.3) is 0 Å². The highest BCUT2D eigenvalue weighted by Gasteiger charge is 2.12. The first-order chi connectivity index (χ1) is 10.2. The molecule has 0 aliphatic heterocycles. The van der Waals surface area contributed by atoms with E-state index in [-0.39, 0.29) is 6.04 Å². The summed E-state index contributed by atoms with van der Waals surface area (Å²) in [6.07, 6.45) is 0.869. The number of rotatable bonds is 7. The van der Waals surface area contributed by atoms with Crippen molar-refractivity contribution in [1.82, 2.24) is 5.32 Å². The van der Waals surface area contributed by atoms with E-state index in [1.807, 2.05) is 43.4 Å². The Kier molecular flexibility index (Phi) is 5.64. The fourth-order valence-electron chi connectivity index (χ4n) is 2.29. The minimum atomic E-state index is 0.237. The third-order valence-corrected chi connectivity index (χ3v) is 3.50. The minimum absolute atomic E-state index is 0.237. The predicted octanol–water partition coefficient (Wildman–Crippen LogP) is 3.21. The second-order valence-corrected chi connectivity index (χ2v) is 5.13. The van der Waals surface area contributed by atoms with Gasteiger partial charge in [0.1, 0.15) is 18.1 Å². The number of nitrogens with one attached hydrogen (secondary N) is 1. The Bertz CT molecular complexity index is 554. The second-order valence-electron chi connectivity index (χ2n) is 5.13. The molecule has 1 atom stereocenters. The highest BCUT2D eigenvalue weighted by molar-refractivity contribution is 5.37. The molecule has 0 saturated heterocycles. The number of hydrogen-bond donors (Lipinski definition) is 1. The lowest BCUT2D eigenvalue weighted by Gasteiger charge is -2.19. The Balaban J connectivity index is 2.00. The van der Waals surface area contributed by atoms with Crippen molar-refractivity contribution in [1.29, 1.82) is 0 Å². The summed E-state index contributed by atoms with van der Waals surface area (Å²) in [4.78, 5) is 0. The number of aryl methyl sites for hydroxylation is 1. The van der Waals surface area contributed by atoms with Crippen molar-refractivity contribution in [3.8, 4) is 11.5 Å². The SMILES string of the molecule is CNC(COc1ccccc1)Cc1cc(C)ccc1OC. The summed E-state index contributed by atoms with van der Waals surface area (Å²) in [6.45, 7) is 2.72. The Hall–Kier alpha value is -2.00. The largest absolute Gasteiger partial charge is 0.496 e. The van der Waals surface area contributed by atoms with E-state index in [0.29, 0.717) is 6.61 Å². The van der Waals surface area contributed by atoms with Crippen molar-refractivity contribution < 1.29 is 9.47 Å². The van der Waals surface area contributed by atoms with Crippen molar-refractivity contribution in [2.45, 2.75) is 19.4 Å². The topological polar surface area (TPSA) is 30.5 Å².